The van der Waals surface area contributed by atoms with E-state index in [0.29, 0.717) is 16.9 Å². The Bertz CT molecular complexity index is 826. The number of fused-ring (bicyclic) bond motifs is 1. The summed E-state index contributed by atoms with van der Waals surface area (Å²) in [5, 5.41) is 8.91. The molecule has 0 aliphatic heterocycles. The molecule has 0 bridgehead atoms. The molecule has 2 heterocycles. The molecule has 2 N–H and O–H groups in total. The van der Waals surface area contributed by atoms with Gasteiger partial charge in [0.25, 0.3) is 0 Å². The summed E-state index contributed by atoms with van der Waals surface area (Å²) in [5.74, 6) is -1.57. The quantitative estimate of drug-likeness (QED) is 0.751. The van der Waals surface area contributed by atoms with Gasteiger partial charge in [0.2, 0.25) is 0 Å². The highest BCUT2D eigenvalue weighted by atomic mass is 19.1. The lowest BCUT2D eigenvalue weighted by atomic mass is 10.2. The molecule has 5 nitrogen and oxygen atoms in total. The number of hydrogen-bond donors (Lipinski definition) is 2. The highest BCUT2D eigenvalue weighted by Gasteiger charge is 2.15. The van der Waals surface area contributed by atoms with Crippen LogP contribution in [0.1, 0.15) is 16.1 Å². The number of aromatic amines is 1. The van der Waals surface area contributed by atoms with Gasteiger partial charge in [0, 0.05) is 23.5 Å². The highest BCUT2D eigenvalue weighted by Crippen LogP contribution is 2.24. The van der Waals surface area contributed by atoms with Crippen LogP contribution >= 0.6 is 0 Å². The maximum absolute atomic E-state index is 13.6. The fourth-order valence-electron chi connectivity index (χ4n) is 2.06. The van der Waals surface area contributed by atoms with Crippen molar-refractivity contribution in [3.8, 4) is 11.4 Å². The fraction of sp³-hybridized carbons (Fsp3) is 0.0714. The molecule has 0 aliphatic carbocycles. The lowest BCUT2D eigenvalue weighted by Crippen LogP contribution is -1.99. The molecule has 0 atom stereocenters. The van der Waals surface area contributed by atoms with E-state index in [4.69, 9.17) is 5.11 Å². The molecule has 0 saturated heterocycles. The van der Waals surface area contributed by atoms with Gasteiger partial charge < -0.3 is 10.1 Å². The zero-order chi connectivity index (χ0) is 14.3. The van der Waals surface area contributed by atoms with E-state index in [1.807, 2.05) is 13.0 Å². The van der Waals surface area contributed by atoms with Gasteiger partial charge in [-0.2, -0.15) is 0 Å². The third-order valence-electron chi connectivity index (χ3n) is 3.06. The van der Waals surface area contributed by atoms with E-state index in [-0.39, 0.29) is 0 Å². The first kappa shape index (κ1) is 12.3. The summed E-state index contributed by atoms with van der Waals surface area (Å²) in [5.41, 5.74) is 2.04. The van der Waals surface area contributed by atoms with Crippen molar-refractivity contribution in [3.63, 3.8) is 0 Å². The van der Waals surface area contributed by atoms with Gasteiger partial charge in [0.1, 0.15) is 11.6 Å². The monoisotopic (exact) mass is 271 g/mol. The van der Waals surface area contributed by atoms with Crippen LogP contribution in [0.15, 0.2) is 30.5 Å². The van der Waals surface area contributed by atoms with E-state index in [2.05, 4.69) is 15.0 Å². The van der Waals surface area contributed by atoms with Gasteiger partial charge in [0.05, 0.1) is 16.6 Å². The first-order valence-corrected chi connectivity index (χ1v) is 5.91. The molecule has 0 saturated carbocycles. The van der Waals surface area contributed by atoms with Crippen LogP contribution in [0.4, 0.5) is 4.39 Å². The average molecular weight is 271 g/mol. The Morgan fingerprint density at radius 1 is 1.40 bits per heavy atom. The highest BCUT2D eigenvalue weighted by molar-refractivity contribution is 5.93. The molecule has 0 amide bonds. The molecule has 0 unspecified atom stereocenters. The van der Waals surface area contributed by atoms with E-state index in [9.17, 15) is 9.18 Å². The number of nitrogens with zero attached hydrogens (tertiary/aromatic N) is 2. The fourth-order valence-corrected chi connectivity index (χ4v) is 2.06. The number of halogens is 1. The lowest BCUT2D eigenvalue weighted by Gasteiger charge is -1.99. The third kappa shape index (κ3) is 1.91. The molecular formula is C14H10FN3O2. The first-order valence-electron chi connectivity index (χ1n) is 5.91. The number of H-pyrrole nitrogens is 1. The second kappa shape index (κ2) is 4.41. The van der Waals surface area contributed by atoms with Crippen LogP contribution in [0.3, 0.4) is 0 Å². The molecule has 20 heavy (non-hydrogen) atoms. The van der Waals surface area contributed by atoms with E-state index in [0.717, 1.165) is 17.3 Å². The maximum Gasteiger partial charge on any atom is 0.338 e. The van der Waals surface area contributed by atoms with Gasteiger partial charge in [0.15, 0.2) is 0 Å². The number of aromatic carboxylic acids is 1. The Morgan fingerprint density at radius 2 is 2.20 bits per heavy atom. The minimum absolute atomic E-state index is 0.390. The molecule has 0 radical (unpaired) electrons. The van der Waals surface area contributed by atoms with Crippen molar-refractivity contribution < 1.29 is 14.3 Å². The second-order valence-electron chi connectivity index (χ2n) is 4.38. The zero-order valence-corrected chi connectivity index (χ0v) is 10.5. The summed E-state index contributed by atoms with van der Waals surface area (Å²) in [6.07, 6.45) is 1.67. The number of imidazole rings is 1. The second-order valence-corrected chi connectivity index (χ2v) is 4.38. The topological polar surface area (TPSA) is 78.9 Å². The third-order valence-corrected chi connectivity index (χ3v) is 3.06. The van der Waals surface area contributed by atoms with Crippen LogP contribution in [-0.4, -0.2) is 26.0 Å². The van der Waals surface area contributed by atoms with Crippen LogP contribution in [0, 0.1) is 12.7 Å². The summed E-state index contributed by atoms with van der Waals surface area (Å²) in [7, 11) is 0. The molecule has 0 aliphatic rings. The van der Waals surface area contributed by atoms with Gasteiger partial charge in [-0.05, 0) is 25.1 Å². The minimum Gasteiger partial charge on any atom is -0.478 e. The van der Waals surface area contributed by atoms with Crippen LogP contribution in [0.25, 0.3) is 22.4 Å². The smallest absolute Gasteiger partial charge is 0.338 e. The van der Waals surface area contributed by atoms with Crippen molar-refractivity contribution in [2.45, 2.75) is 6.92 Å². The molecule has 6 heteroatoms. The molecule has 100 valence electrons. The van der Waals surface area contributed by atoms with E-state index < -0.39 is 17.3 Å². The Hall–Kier alpha value is -2.76. The van der Waals surface area contributed by atoms with Crippen LogP contribution in [0.2, 0.25) is 0 Å². The SMILES string of the molecule is Cc1ncccc1-c1nc2cc(C(=O)O)c(F)cc2[nH]1. The summed E-state index contributed by atoms with van der Waals surface area (Å²) in [6.45, 7) is 1.84. The van der Waals surface area contributed by atoms with Crippen LogP contribution < -0.4 is 0 Å². The van der Waals surface area contributed by atoms with Crippen molar-refractivity contribution in [1.82, 2.24) is 15.0 Å². The number of carbonyl (C=O) groups is 1. The number of carboxylic acid groups (broad SMARTS) is 1. The number of aromatic nitrogens is 3. The molecule has 1 aromatic carbocycles. The van der Waals surface area contributed by atoms with E-state index >= 15 is 0 Å². The number of hydrogen-bond acceptors (Lipinski definition) is 3. The van der Waals surface area contributed by atoms with Gasteiger partial charge in [-0.3, -0.25) is 4.98 Å². The first-order chi connectivity index (χ1) is 9.56. The minimum atomic E-state index is -1.31. The van der Waals surface area contributed by atoms with Crippen LogP contribution in [-0.2, 0) is 0 Å². The summed E-state index contributed by atoms with van der Waals surface area (Å²) >= 11 is 0. The molecule has 0 spiro atoms. The Labute approximate surface area is 113 Å². The number of carboxylic acids is 1. The van der Waals surface area contributed by atoms with E-state index in [1.165, 1.54) is 6.07 Å². The standard InChI is InChI=1S/C14H10FN3O2/c1-7-8(3-2-4-16-7)13-17-11-5-9(14(19)20)10(15)6-12(11)18-13/h2-6H,1H3,(H,17,18)(H,19,20). The molecule has 3 rings (SSSR count). The van der Waals surface area contributed by atoms with Crippen molar-refractivity contribution in [3.05, 3.63) is 47.5 Å². The Morgan fingerprint density at radius 3 is 2.90 bits per heavy atom. The Kier molecular flexibility index (Phi) is 2.71. The predicted octanol–water partition coefficient (Wildman–Crippen LogP) is 2.77. The number of benzene rings is 1. The number of nitrogens with one attached hydrogen (secondary N) is 1. The molecule has 3 aromatic rings. The van der Waals surface area contributed by atoms with Crippen molar-refractivity contribution >= 4 is 17.0 Å². The molecular weight excluding hydrogens is 261 g/mol. The number of pyridine rings is 1. The lowest BCUT2D eigenvalue weighted by molar-refractivity contribution is 0.0692. The van der Waals surface area contributed by atoms with Gasteiger partial charge in [-0.25, -0.2) is 14.2 Å². The summed E-state index contributed by atoms with van der Waals surface area (Å²) < 4.78 is 13.6. The molecule has 2 aromatic heterocycles. The normalized spacial score (nSPS) is 10.9. The van der Waals surface area contributed by atoms with Crippen molar-refractivity contribution in [1.29, 1.82) is 0 Å². The number of aryl methyl sites for hydroxylation is 1. The van der Waals surface area contributed by atoms with Crippen molar-refractivity contribution in [2.75, 3.05) is 0 Å². The maximum atomic E-state index is 13.6. The molecule has 0 fully saturated rings. The predicted molar refractivity (Wildman–Crippen MR) is 71.0 cm³/mol. The average Bonchev–Trinajstić information content (AvgIpc) is 2.80. The zero-order valence-electron chi connectivity index (χ0n) is 10.5. The van der Waals surface area contributed by atoms with Crippen molar-refractivity contribution in [2.24, 2.45) is 0 Å². The van der Waals surface area contributed by atoms with E-state index in [1.54, 1.807) is 12.3 Å². The van der Waals surface area contributed by atoms with Gasteiger partial charge in [-0.15, -0.1) is 0 Å². The Balaban J connectivity index is 2.21. The largest absolute Gasteiger partial charge is 0.478 e. The summed E-state index contributed by atoms with van der Waals surface area (Å²) in [6, 6.07) is 5.98. The van der Waals surface area contributed by atoms with Gasteiger partial charge >= 0.3 is 5.97 Å². The van der Waals surface area contributed by atoms with Gasteiger partial charge in [-0.1, -0.05) is 0 Å². The summed E-state index contributed by atoms with van der Waals surface area (Å²) in [4.78, 5) is 22.3. The van der Waals surface area contributed by atoms with Crippen LogP contribution in [0.5, 0.6) is 0 Å². The number of rotatable bonds is 2.